The number of hydrogen-bond donors (Lipinski definition) is 0. The van der Waals surface area contributed by atoms with Gasteiger partial charge in [0.2, 0.25) is 5.91 Å². The minimum Gasteiger partial charge on any atom is -0.462 e. The Hall–Kier alpha value is -1.91. The third kappa shape index (κ3) is 12.3. The number of ether oxygens (including phenoxy) is 1. The van der Waals surface area contributed by atoms with Gasteiger partial charge in [-0.1, -0.05) is 39.0 Å². The molecule has 1 aromatic heterocycles. The summed E-state index contributed by atoms with van der Waals surface area (Å²) in [4.78, 5) is 27.0. The summed E-state index contributed by atoms with van der Waals surface area (Å²) in [6.07, 6.45) is 10.4. The molecule has 1 amide bonds. The Bertz CT molecular complexity index is 433. The molecule has 1 rings (SSSR count). The largest absolute Gasteiger partial charge is 0.462 e. The van der Waals surface area contributed by atoms with Crippen LogP contribution in [0.1, 0.15) is 62.7 Å². The van der Waals surface area contributed by atoms with Gasteiger partial charge in [-0.15, -0.1) is 0 Å². The van der Waals surface area contributed by atoms with E-state index in [2.05, 4.69) is 11.9 Å². The smallest absolute Gasteiger partial charge is 0.338 e. The third-order valence-electron chi connectivity index (χ3n) is 3.28. The zero-order valence-corrected chi connectivity index (χ0v) is 14.9. The summed E-state index contributed by atoms with van der Waals surface area (Å²) in [6, 6.07) is 3.34. The summed E-state index contributed by atoms with van der Waals surface area (Å²) < 4.78 is 5.17. The van der Waals surface area contributed by atoms with E-state index in [9.17, 15) is 9.59 Å². The first-order valence-corrected chi connectivity index (χ1v) is 8.24. The lowest BCUT2D eigenvalue weighted by molar-refractivity contribution is -0.126. The Balaban J connectivity index is 0.000000688. The summed E-state index contributed by atoms with van der Waals surface area (Å²) in [5.41, 5.74) is 0.575. The average molecular weight is 322 g/mol. The number of rotatable bonds is 8. The van der Waals surface area contributed by atoms with Crippen LogP contribution in [0.5, 0.6) is 0 Å². The molecule has 0 atom stereocenters. The van der Waals surface area contributed by atoms with E-state index in [1.54, 1.807) is 38.6 Å². The van der Waals surface area contributed by atoms with Gasteiger partial charge in [-0.05, 0) is 18.6 Å². The number of esters is 1. The molecule has 23 heavy (non-hydrogen) atoms. The summed E-state index contributed by atoms with van der Waals surface area (Å²) >= 11 is 0. The molecule has 0 saturated carbocycles. The highest BCUT2D eigenvalue weighted by Gasteiger charge is 2.05. The molecule has 1 aromatic rings. The third-order valence-corrected chi connectivity index (χ3v) is 3.28. The van der Waals surface area contributed by atoms with Gasteiger partial charge < -0.3 is 9.64 Å². The lowest BCUT2D eigenvalue weighted by atomic mass is 10.1. The molecule has 0 aliphatic carbocycles. The first kappa shape index (κ1) is 21.1. The zero-order chi connectivity index (χ0) is 17.5. The molecular weight excluding hydrogens is 292 g/mol. The fraction of sp³-hybridized carbons (Fsp3) is 0.611. The van der Waals surface area contributed by atoms with Gasteiger partial charge in [0.1, 0.15) is 0 Å². The van der Waals surface area contributed by atoms with Gasteiger partial charge in [-0.3, -0.25) is 9.78 Å². The van der Waals surface area contributed by atoms with Crippen LogP contribution >= 0.6 is 0 Å². The van der Waals surface area contributed by atoms with Crippen molar-refractivity contribution in [3.05, 3.63) is 30.1 Å². The van der Waals surface area contributed by atoms with E-state index in [1.807, 2.05) is 0 Å². The quantitative estimate of drug-likeness (QED) is 0.541. The first-order valence-electron chi connectivity index (χ1n) is 8.24. The summed E-state index contributed by atoms with van der Waals surface area (Å²) in [7, 11) is 3.45. The number of aromatic nitrogens is 1. The lowest BCUT2D eigenvalue weighted by Gasteiger charge is -2.04. The zero-order valence-electron chi connectivity index (χ0n) is 14.9. The molecule has 0 aliphatic rings. The molecule has 130 valence electrons. The van der Waals surface area contributed by atoms with Gasteiger partial charge in [-0.25, -0.2) is 4.79 Å². The van der Waals surface area contributed by atoms with Crippen molar-refractivity contribution in [2.24, 2.45) is 0 Å². The monoisotopic (exact) mass is 322 g/mol. The topological polar surface area (TPSA) is 59.5 Å². The molecule has 5 heteroatoms. The molecule has 0 radical (unpaired) electrons. The maximum Gasteiger partial charge on any atom is 0.338 e. The van der Waals surface area contributed by atoms with E-state index in [0.717, 1.165) is 12.8 Å². The van der Waals surface area contributed by atoms with Crippen molar-refractivity contribution in [3.63, 3.8) is 0 Å². The van der Waals surface area contributed by atoms with Crippen LogP contribution in [0, 0.1) is 0 Å². The van der Waals surface area contributed by atoms with Gasteiger partial charge in [0.05, 0.1) is 12.2 Å². The number of carbonyl (C=O) groups is 2. The Kier molecular flexibility index (Phi) is 12.6. The number of amides is 1. The molecule has 0 bridgehead atoms. The van der Waals surface area contributed by atoms with E-state index in [-0.39, 0.29) is 11.9 Å². The second-order valence-corrected chi connectivity index (χ2v) is 5.55. The predicted molar refractivity (Wildman–Crippen MR) is 92.3 cm³/mol. The Morgan fingerprint density at radius 2 is 1.57 bits per heavy atom. The van der Waals surface area contributed by atoms with Gasteiger partial charge >= 0.3 is 5.97 Å². The first-order chi connectivity index (χ1) is 11.0. The van der Waals surface area contributed by atoms with Crippen LogP contribution in [-0.4, -0.2) is 42.5 Å². The molecule has 0 N–H and O–H groups in total. The SMILES string of the molecule is CC(=O)N(C)C.CCCCCCCCOC(=O)c1ccncc1. The summed E-state index contributed by atoms with van der Waals surface area (Å²) in [5.74, 6) is -0.157. The van der Waals surface area contributed by atoms with Crippen LogP contribution in [0.3, 0.4) is 0 Å². The normalized spacial score (nSPS) is 9.57. The molecular formula is C18H30N2O3. The highest BCUT2D eigenvalue weighted by molar-refractivity contribution is 5.89. The van der Waals surface area contributed by atoms with Crippen molar-refractivity contribution in [2.75, 3.05) is 20.7 Å². The molecule has 0 saturated heterocycles. The van der Waals surface area contributed by atoms with Gasteiger partial charge in [0.25, 0.3) is 0 Å². The Labute approximate surface area is 140 Å². The fourth-order valence-electron chi connectivity index (χ4n) is 1.62. The van der Waals surface area contributed by atoms with E-state index < -0.39 is 0 Å². The lowest BCUT2D eigenvalue weighted by Crippen LogP contribution is -2.17. The van der Waals surface area contributed by atoms with Crippen LogP contribution < -0.4 is 0 Å². The summed E-state index contributed by atoms with van der Waals surface area (Å²) in [5, 5.41) is 0. The number of nitrogens with zero attached hydrogens (tertiary/aromatic N) is 2. The highest BCUT2D eigenvalue weighted by Crippen LogP contribution is 2.06. The molecule has 0 spiro atoms. The maximum atomic E-state index is 11.5. The highest BCUT2D eigenvalue weighted by atomic mass is 16.5. The second-order valence-electron chi connectivity index (χ2n) is 5.55. The van der Waals surface area contributed by atoms with Crippen LogP contribution in [0.15, 0.2) is 24.5 Å². The van der Waals surface area contributed by atoms with Crippen LogP contribution in [0.2, 0.25) is 0 Å². The van der Waals surface area contributed by atoms with Crippen LogP contribution in [-0.2, 0) is 9.53 Å². The maximum absolute atomic E-state index is 11.5. The number of unbranched alkanes of at least 4 members (excludes halogenated alkanes) is 5. The van der Waals surface area contributed by atoms with E-state index in [0.29, 0.717) is 12.2 Å². The van der Waals surface area contributed by atoms with Crippen molar-refractivity contribution in [1.82, 2.24) is 9.88 Å². The van der Waals surface area contributed by atoms with Crippen LogP contribution in [0.4, 0.5) is 0 Å². The number of carbonyl (C=O) groups excluding carboxylic acids is 2. The number of hydrogen-bond acceptors (Lipinski definition) is 4. The molecule has 1 heterocycles. The second kappa shape index (κ2) is 13.7. The van der Waals surface area contributed by atoms with Crippen molar-refractivity contribution >= 4 is 11.9 Å². The van der Waals surface area contributed by atoms with Crippen molar-refractivity contribution in [3.8, 4) is 0 Å². The fourth-order valence-corrected chi connectivity index (χ4v) is 1.62. The van der Waals surface area contributed by atoms with Gasteiger partial charge in [0, 0.05) is 33.4 Å². The van der Waals surface area contributed by atoms with E-state index in [4.69, 9.17) is 4.74 Å². The standard InChI is InChI=1S/C14H21NO2.C4H9NO/c1-2-3-4-5-6-7-12-17-14(16)13-8-10-15-11-9-13;1-4(6)5(2)3/h8-11H,2-7,12H2,1H3;1-3H3. The average Bonchev–Trinajstić information content (AvgIpc) is 2.55. The van der Waals surface area contributed by atoms with Crippen molar-refractivity contribution in [2.45, 2.75) is 52.4 Å². The van der Waals surface area contributed by atoms with E-state index >= 15 is 0 Å². The van der Waals surface area contributed by atoms with Crippen molar-refractivity contribution < 1.29 is 14.3 Å². The number of pyridine rings is 1. The predicted octanol–water partition coefficient (Wildman–Crippen LogP) is 3.69. The van der Waals surface area contributed by atoms with Gasteiger partial charge in [0.15, 0.2) is 0 Å². The molecule has 0 unspecified atom stereocenters. The minimum atomic E-state index is -0.249. The van der Waals surface area contributed by atoms with Crippen LogP contribution in [0.25, 0.3) is 0 Å². The Morgan fingerprint density at radius 1 is 1.04 bits per heavy atom. The van der Waals surface area contributed by atoms with E-state index in [1.165, 1.54) is 37.5 Å². The van der Waals surface area contributed by atoms with Gasteiger partial charge in [-0.2, -0.15) is 0 Å². The van der Waals surface area contributed by atoms with Crippen molar-refractivity contribution in [1.29, 1.82) is 0 Å². The molecule has 0 fully saturated rings. The molecule has 0 aliphatic heterocycles. The molecule has 5 nitrogen and oxygen atoms in total. The minimum absolute atomic E-state index is 0.0926. The summed E-state index contributed by atoms with van der Waals surface area (Å²) in [6.45, 7) is 4.25. The molecule has 0 aromatic carbocycles. The Morgan fingerprint density at radius 3 is 2.09 bits per heavy atom.